The second kappa shape index (κ2) is 9.97. The lowest BCUT2D eigenvalue weighted by molar-refractivity contribution is 0.0954. The lowest BCUT2D eigenvalue weighted by atomic mass is 10.2. The van der Waals surface area contributed by atoms with Gasteiger partial charge in [-0.25, -0.2) is 13.1 Å². The fourth-order valence-corrected chi connectivity index (χ4v) is 4.46. The summed E-state index contributed by atoms with van der Waals surface area (Å²) in [5.41, 5.74) is 3.67. The molecule has 2 aromatic carbocycles. The zero-order chi connectivity index (χ0) is 23.3. The molecule has 8 nitrogen and oxygen atoms in total. The zero-order valence-corrected chi connectivity index (χ0v) is 19.4. The number of carbonyl (C=O) groups excluding carboxylic acids is 1. The normalized spacial score (nSPS) is 11.4. The van der Waals surface area contributed by atoms with Gasteiger partial charge in [-0.15, -0.1) is 0 Å². The van der Waals surface area contributed by atoms with Crippen LogP contribution in [0.25, 0.3) is 0 Å². The minimum Gasteiger partial charge on any atom is -0.489 e. The molecule has 2 N–H and O–H groups in total. The highest BCUT2D eigenvalue weighted by Gasteiger charge is 2.16. The van der Waals surface area contributed by atoms with E-state index in [1.165, 1.54) is 0 Å². The Bertz CT molecular complexity index is 1180. The molecule has 0 aliphatic rings. The van der Waals surface area contributed by atoms with Crippen molar-refractivity contribution < 1.29 is 22.5 Å². The maximum absolute atomic E-state index is 12.5. The number of amides is 1. The van der Waals surface area contributed by atoms with E-state index in [0.717, 1.165) is 16.8 Å². The van der Waals surface area contributed by atoms with Crippen LogP contribution in [0.15, 0.2) is 51.9 Å². The lowest BCUT2D eigenvalue weighted by Crippen LogP contribution is -2.35. The maximum Gasteiger partial charge on any atom is 0.251 e. The molecule has 3 aromatic rings. The average Bonchev–Trinajstić information content (AvgIpc) is 3.09. The van der Waals surface area contributed by atoms with Crippen LogP contribution in [0.3, 0.4) is 0 Å². The Morgan fingerprint density at radius 3 is 2.41 bits per heavy atom. The summed E-state index contributed by atoms with van der Waals surface area (Å²) < 4.78 is 38.4. The largest absolute Gasteiger partial charge is 0.489 e. The van der Waals surface area contributed by atoms with Crippen molar-refractivity contribution in [1.29, 1.82) is 0 Å². The van der Waals surface area contributed by atoms with Gasteiger partial charge in [0.2, 0.25) is 10.0 Å². The minimum absolute atomic E-state index is 0.0834. The molecule has 1 aromatic heterocycles. The van der Waals surface area contributed by atoms with E-state index in [1.54, 1.807) is 43.3 Å². The maximum atomic E-state index is 12.5. The number of ether oxygens (including phenoxy) is 1. The summed E-state index contributed by atoms with van der Waals surface area (Å²) in [4.78, 5) is 12.6. The summed E-state index contributed by atoms with van der Waals surface area (Å²) in [6.07, 6.45) is 0. The molecular weight excluding hydrogens is 430 g/mol. The van der Waals surface area contributed by atoms with Crippen molar-refractivity contribution in [1.82, 2.24) is 15.2 Å². The van der Waals surface area contributed by atoms with E-state index in [4.69, 9.17) is 9.26 Å². The van der Waals surface area contributed by atoms with Gasteiger partial charge in [0, 0.05) is 18.7 Å². The summed E-state index contributed by atoms with van der Waals surface area (Å²) in [5.74, 6) is 1.03. The number of carbonyl (C=O) groups is 1. The SMILES string of the molecule is Cc1ccc(C)c(S(=O)(=O)NCCNC(=O)c2ccc(OCc3c(C)noc3C)cc2)c1. The van der Waals surface area contributed by atoms with Gasteiger partial charge in [-0.05, 0) is 69.2 Å². The van der Waals surface area contributed by atoms with E-state index in [1.807, 2.05) is 26.8 Å². The van der Waals surface area contributed by atoms with Crippen LogP contribution >= 0.6 is 0 Å². The standard InChI is InChI=1S/C23H27N3O5S/c1-15-5-6-16(2)22(13-15)32(28,29)25-12-11-24-23(27)19-7-9-20(10-8-19)30-14-21-17(3)26-31-18(21)4/h5-10,13,25H,11-12,14H2,1-4H3,(H,24,27). The molecule has 170 valence electrons. The second-order valence-corrected chi connectivity index (χ2v) is 9.27. The van der Waals surface area contributed by atoms with Crippen molar-refractivity contribution in [3.8, 4) is 5.75 Å². The number of nitrogens with one attached hydrogen (secondary N) is 2. The van der Waals surface area contributed by atoms with Crippen molar-refractivity contribution in [2.24, 2.45) is 0 Å². The first kappa shape index (κ1) is 23.5. The van der Waals surface area contributed by atoms with Gasteiger partial charge in [0.1, 0.15) is 18.1 Å². The number of benzene rings is 2. The fourth-order valence-electron chi connectivity index (χ4n) is 3.10. The molecule has 0 saturated heterocycles. The topological polar surface area (TPSA) is 111 Å². The first-order chi connectivity index (χ1) is 15.2. The van der Waals surface area contributed by atoms with Crippen molar-refractivity contribution in [2.75, 3.05) is 13.1 Å². The molecule has 0 atom stereocenters. The van der Waals surface area contributed by atoms with Crippen LogP contribution in [0.5, 0.6) is 5.75 Å². The summed E-state index contributed by atoms with van der Waals surface area (Å²) in [7, 11) is -3.64. The number of sulfonamides is 1. The molecule has 1 heterocycles. The van der Waals surface area contributed by atoms with Crippen molar-refractivity contribution in [2.45, 2.75) is 39.2 Å². The minimum atomic E-state index is -3.64. The molecule has 0 radical (unpaired) electrons. The number of aryl methyl sites for hydroxylation is 4. The highest BCUT2D eigenvalue weighted by atomic mass is 32.2. The van der Waals surface area contributed by atoms with E-state index in [9.17, 15) is 13.2 Å². The van der Waals surface area contributed by atoms with Gasteiger partial charge in [0.05, 0.1) is 16.2 Å². The Hall–Kier alpha value is -3.17. The molecule has 9 heteroatoms. The summed E-state index contributed by atoms with van der Waals surface area (Å²) in [6, 6.07) is 12.0. The molecule has 1 amide bonds. The highest BCUT2D eigenvalue weighted by Crippen LogP contribution is 2.18. The molecule has 0 saturated carbocycles. The molecule has 32 heavy (non-hydrogen) atoms. The van der Waals surface area contributed by atoms with Gasteiger partial charge in [-0.1, -0.05) is 17.3 Å². The molecule has 0 aliphatic carbocycles. The Kier molecular flexibility index (Phi) is 7.32. The van der Waals surface area contributed by atoms with Crippen LogP contribution in [-0.2, 0) is 16.6 Å². The molecule has 0 fully saturated rings. The third-order valence-electron chi connectivity index (χ3n) is 5.02. The van der Waals surface area contributed by atoms with Crippen LogP contribution < -0.4 is 14.8 Å². The van der Waals surface area contributed by atoms with Crippen molar-refractivity contribution in [3.63, 3.8) is 0 Å². The molecule has 3 rings (SSSR count). The van der Waals surface area contributed by atoms with Crippen LogP contribution in [0.2, 0.25) is 0 Å². The lowest BCUT2D eigenvalue weighted by Gasteiger charge is -2.11. The van der Waals surface area contributed by atoms with Crippen LogP contribution in [0.1, 0.15) is 38.5 Å². The quantitative estimate of drug-likeness (QED) is 0.478. The number of aromatic nitrogens is 1. The van der Waals surface area contributed by atoms with Gasteiger partial charge in [0.25, 0.3) is 5.91 Å². The van der Waals surface area contributed by atoms with E-state index < -0.39 is 10.0 Å². The molecule has 0 unspecified atom stereocenters. The first-order valence-electron chi connectivity index (χ1n) is 10.2. The Balaban J connectivity index is 1.48. The van der Waals surface area contributed by atoms with Crippen LogP contribution in [0, 0.1) is 27.7 Å². The predicted molar refractivity (Wildman–Crippen MR) is 120 cm³/mol. The molecule has 0 aliphatic heterocycles. The zero-order valence-electron chi connectivity index (χ0n) is 18.6. The van der Waals surface area contributed by atoms with Gasteiger partial charge in [-0.3, -0.25) is 4.79 Å². The number of hydrogen-bond donors (Lipinski definition) is 2. The summed E-state index contributed by atoms with van der Waals surface area (Å²) in [5, 5.41) is 6.60. The predicted octanol–water partition coefficient (Wildman–Crippen LogP) is 3.20. The number of nitrogens with zero attached hydrogens (tertiary/aromatic N) is 1. The van der Waals surface area contributed by atoms with E-state index >= 15 is 0 Å². The first-order valence-corrected chi connectivity index (χ1v) is 11.7. The molecular formula is C23H27N3O5S. The average molecular weight is 458 g/mol. The Morgan fingerprint density at radius 1 is 1.03 bits per heavy atom. The van der Waals surface area contributed by atoms with Gasteiger partial charge in [-0.2, -0.15) is 0 Å². The molecule has 0 spiro atoms. The smallest absolute Gasteiger partial charge is 0.251 e. The second-order valence-electron chi connectivity index (χ2n) is 7.54. The number of hydrogen-bond acceptors (Lipinski definition) is 6. The Labute approximate surface area is 188 Å². The van der Waals surface area contributed by atoms with Crippen LogP contribution in [0.4, 0.5) is 0 Å². The van der Waals surface area contributed by atoms with Crippen molar-refractivity contribution in [3.05, 3.63) is 76.2 Å². The summed E-state index contributed by atoms with van der Waals surface area (Å²) in [6.45, 7) is 7.84. The highest BCUT2D eigenvalue weighted by molar-refractivity contribution is 7.89. The van der Waals surface area contributed by atoms with Crippen LogP contribution in [-0.4, -0.2) is 32.6 Å². The Morgan fingerprint density at radius 2 is 1.75 bits per heavy atom. The third kappa shape index (κ3) is 5.74. The van der Waals surface area contributed by atoms with E-state index in [-0.39, 0.29) is 23.9 Å². The molecule has 0 bridgehead atoms. The van der Waals surface area contributed by atoms with Gasteiger partial charge < -0.3 is 14.6 Å². The van der Waals surface area contributed by atoms with Crippen molar-refractivity contribution >= 4 is 15.9 Å². The van der Waals surface area contributed by atoms with E-state index in [0.29, 0.717) is 29.2 Å². The monoisotopic (exact) mass is 457 g/mol. The van der Waals surface area contributed by atoms with Gasteiger partial charge in [0.15, 0.2) is 0 Å². The number of rotatable bonds is 9. The van der Waals surface area contributed by atoms with E-state index in [2.05, 4.69) is 15.2 Å². The van der Waals surface area contributed by atoms with Gasteiger partial charge >= 0.3 is 0 Å². The third-order valence-corrected chi connectivity index (χ3v) is 6.62. The summed E-state index contributed by atoms with van der Waals surface area (Å²) >= 11 is 0. The fraction of sp³-hybridized carbons (Fsp3) is 0.304.